The average Bonchev–Trinajstić information content (AvgIpc) is 2.55. The van der Waals surface area contributed by atoms with Crippen LogP contribution in [0.15, 0.2) is 54.6 Å². The monoisotopic (exact) mass is 310 g/mol. The predicted octanol–water partition coefficient (Wildman–Crippen LogP) is 2.53. The molecule has 0 bridgehead atoms. The normalized spacial score (nSPS) is 9.45. The van der Waals surface area contributed by atoms with Crippen LogP contribution in [-0.2, 0) is 0 Å². The van der Waals surface area contributed by atoms with E-state index in [4.69, 9.17) is 17.5 Å². The molecule has 110 valence electrons. The van der Waals surface area contributed by atoms with Gasteiger partial charge in [0.05, 0.1) is 17.2 Å². The SMILES string of the molecule is CN(NC(=O)c1ccccc1C#N)C(=S)Nc1ccccc1. The van der Waals surface area contributed by atoms with Gasteiger partial charge < -0.3 is 5.32 Å². The fourth-order valence-electron chi connectivity index (χ4n) is 1.77. The van der Waals surface area contributed by atoms with E-state index in [2.05, 4.69) is 10.7 Å². The molecule has 22 heavy (non-hydrogen) atoms. The Morgan fingerprint density at radius 3 is 2.45 bits per heavy atom. The van der Waals surface area contributed by atoms with Gasteiger partial charge in [0.1, 0.15) is 0 Å². The Labute approximate surface area is 134 Å². The zero-order valence-electron chi connectivity index (χ0n) is 11.9. The fourth-order valence-corrected chi connectivity index (χ4v) is 1.93. The Morgan fingerprint density at radius 1 is 1.14 bits per heavy atom. The molecular formula is C16H14N4OS. The van der Waals surface area contributed by atoms with Crippen molar-refractivity contribution in [1.29, 1.82) is 5.26 Å². The second-order valence-electron chi connectivity index (χ2n) is 4.45. The molecule has 2 N–H and O–H groups in total. The van der Waals surface area contributed by atoms with Crippen LogP contribution in [0.5, 0.6) is 0 Å². The summed E-state index contributed by atoms with van der Waals surface area (Å²) in [6.45, 7) is 0. The van der Waals surface area contributed by atoms with E-state index in [0.29, 0.717) is 16.2 Å². The topological polar surface area (TPSA) is 68.2 Å². The minimum Gasteiger partial charge on any atom is -0.331 e. The average molecular weight is 310 g/mol. The number of amides is 1. The molecule has 2 aromatic carbocycles. The fraction of sp³-hybridized carbons (Fsp3) is 0.0625. The van der Waals surface area contributed by atoms with Crippen molar-refractivity contribution in [2.45, 2.75) is 0 Å². The second-order valence-corrected chi connectivity index (χ2v) is 4.84. The number of thiocarbonyl (C=S) groups is 1. The first-order chi connectivity index (χ1) is 10.6. The van der Waals surface area contributed by atoms with E-state index in [1.165, 1.54) is 5.01 Å². The van der Waals surface area contributed by atoms with Gasteiger partial charge in [0, 0.05) is 12.7 Å². The van der Waals surface area contributed by atoms with E-state index in [-0.39, 0.29) is 0 Å². The largest absolute Gasteiger partial charge is 0.331 e. The molecule has 0 saturated carbocycles. The minimum absolute atomic E-state index is 0.305. The Hall–Kier alpha value is -2.91. The number of benzene rings is 2. The Kier molecular flexibility index (Phi) is 5.07. The van der Waals surface area contributed by atoms with Gasteiger partial charge in [-0.05, 0) is 36.5 Å². The number of nitrogens with zero attached hydrogens (tertiary/aromatic N) is 2. The first-order valence-corrected chi connectivity index (χ1v) is 6.92. The Morgan fingerprint density at radius 2 is 1.77 bits per heavy atom. The van der Waals surface area contributed by atoms with Crippen molar-refractivity contribution >= 4 is 28.9 Å². The maximum absolute atomic E-state index is 12.2. The molecule has 0 heterocycles. The molecule has 0 saturated heterocycles. The van der Waals surface area contributed by atoms with Crippen molar-refractivity contribution in [3.05, 3.63) is 65.7 Å². The minimum atomic E-state index is -0.392. The first kappa shape index (κ1) is 15.5. The summed E-state index contributed by atoms with van der Waals surface area (Å²) in [5.41, 5.74) is 4.08. The zero-order valence-corrected chi connectivity index (χ0v) is 12.7. The highest BCUT2D eigenvalue weighted by Crippen LogP contribution is 2.08. The number of hydrogen-bond acceptors (Lipinski definition) is 3. The second kappa shape index (κ2) is 7.20. The van der Waals surface area contributed by atoms with Gasteiger partial charge in [-0.15, -0.1) is 0 Å². The van der Waals surface area contributed by atoms with Crippen LogP contribution in [0.3, 0.4) is 0 Å². The lowest BCUT2D eigenvalue weighted by atomic mass is 10.1. The third-order valence-corrected chi connectivity index (χ3v) is 3.27. The van der Waals surface area contributed by atoms with Crippen LogP contribution in [-0.4, -0.2) is 23.1 Å². The molecule has 0 aliphatic carbocycles. The summed E-state index contributed by atoms with van der Waals surface area (Å²) in [4.78, 5) is 12.2. The van der Waals surface area contributed by atoms with Crippen LogP contribution >= 0.6 is 12.2 Å². The van der Waals surface area contributed by atoms with Crippen molar-refractivity contribution in [3.63, 3.8) is 0 Å². The van der Waals surface area contributed by atoms with E-state index in [1.54, 1.807) is 31.3 Å². The van der Waals surface area contributed by atoms with E-state index in [9.17, 15) is 4.79 Å². The molecule has 0 atom stereocenters. The third-order valence-electron chi connectivity index (χ3n) is 2.89. The molecule has 2 aromatic rings. The number of nitrogens with one attached hydrogen (secondary N) is 2. The Bertz CT molecular complexity index is 724. The van der Waals surface area contributed by atoms with Crippen LogP contribution in [0.4, 0.5) is 5.69 Å². The number of carbonyl (C=O) groups excluding carboxylic acids is 1. The quantitative estimate of drug-likeness (QED) is 0.659. The number of nitriles is 1. The van der Waals surface area contributed by atoms with Crippen LogP contribution < -0.4 is 10.7 Å². The molecule has 0 fully saturated rings. The van der Waals surface area contributed by atoms with Crippen molar-refractivity contribution in [3.8, 4) is 6.07 Å². The molecule has 0 aromatic heterocycles. The summed E-state index contributed by atoms with van der Waals surface area (Å²) in [7, 11) is 1.63. The van der Waals surface area contributed by atoms with E-state index >= 15 is 0 Å². The number of para-hydroxylation sites is 1. The number of hydrazine groups is 1. The molecule has 0 spiro atoms. The van der Waals surface area contributed by atoms with Gasteiger partial charge in [-0.3, -0.25) is 15.2 Å². The number of anilines is 1. The van der Waals surface area contributed by atoms with Gasteiger partial charge in [-0.1, -0.05) is 30.3 Å². The molecule has 0 aliphatic heterocycles. The molecular weight excluding hydrogens is 296 g/mol. The molecule has 0 radical (unpaired) electrons. The first-order valence-electron chi connectivity index (χ1n) is 6.51. The van der Waals surface area contributed by atoms with E-state index in [1.807, 2.05) is 36.4 Å². The lowest BCUT2D eigenvalue weighted by molar-refractivity contribution is 0.0888. The van der Waals surface area contributed by atoms with Crippen molar-refractivity contribution in [2.24, 2.45) is 0 Å². The summed E-state index contributed by atoms with van der Waals surface area (Å²) < 4.78 is 0. The third kappa shape index (κ3) is 3.81. The van der Waals surface area contributed by atoms with E-state index in [0.717, 1.165) is 5.69 Å². The van der Waals surface area contributed by atoms with Gasteiger partial charge in [0.2, 0.25) is 0 Å². The van der Waals surface area contributed by atoms with Crippen molar-refractivity contribution < 1.29 is 4.79 Å². The molecule has 6 heteroatoms. The highest BCUT2D eigenvalue weighted by Gasteiger charge is 2.13. The lowest BCUT2D eigenvalue weighted by Crippen LogP contribution is -2.45. The van der Waals surface area contributed by atoms with Crippen LogP contribution in [0.2, 0.25) is 0 Å². The Balaban J connectivity index is 2.02. The van der Waals surface area contributed by atoms with Crippen LogP contribution in [0.1, 0.15) is 15.9 Å². The standard InChI is InChI=1S/C16H14N4OS/c1-20(16(22)18-13-8-3-2-4-9-13)19-15(21)14-10-6-5-7-12(14)11-17/h2-10H,1H3,(H,18,22)(H,19,21). The summed E-state index contributed by atoms with van der Waals surface area (Å²) in [5.74, 6) is -0.392. The summed E-state index contributed by atoms with van der Waals surface area (Å²) >= 11 is 5.22. The summed E-state index contributed by atoms with van der Waals surface area (Å²) in [6, 6.07) is 18.0. The van der Waals surface area contributed by atoms with Crippen molar-refractivity contribution in [2.75, 3.05) is 12.4 Å². The van der Waals surface area contributed by atoms with Crippen molar-refractivity contribution in [1.82, 2.24) is 10.4 Å². The molecule has 0 aliphatic rings. The molecule has 2 rings (SSSR count). The van der Waals surface area contributed by atoms with Gasteiger partial charge >= 0.3 is 0 Å². The predicted molar refractivity (Wildman–Crippen MR) is 89.0 cm³/mol. The highest BCUT2D eigenvalue weighted by atomic mass is 32.1. The van der Waals surface area contributed by atoms with Gasteiger partial charge in [0.25, 0.3) is 5.91 Å². The summed E-state index contributed by atoms with van der Waals surface area (Å²) in [6.07, 6.45) is 0. The van der Waals surface area contributed by atoms with Gasteiger partial charge in [-0.25, -0.2) is 0 Å². The highest BCUT2D eigenvalue weighted by molar-refractivity contribution is 7.80. The maximum Gasteiger partial charge on any atom is 0.271 e. The van der Waals surface area contributed by atoms with Gasteiger partial charge in [0.15, 0.2) is 5.11 Å². The van der Waals surface area contributed by atoms with Gasteiger partial charge in [-0.2, -0.15) is 5.26 Å². The number of carbonyl (C=O) groups is 1. The smallest absolute Gasteiger partial charge is 0.271 e. The molecule has 1 amide bonds. The lowest BCUT2D eigenvalue weighted by Gasteiger charge is -2.22. The molecule has 5 nitrogen and oxygen atoms in total. The van der Waals surface area contributed by atoms with Crippen LogP contribution in [0.25, 0.3) is 0 Å². The zero-order chi connectivity index (χ0) is 15.9. The van der Waals surface area contributed by atoms with E-state index < -0.39 is 5.91 Å². The maximum atomic E-state index is 12.2. The number of hydrogen-bond donors (Lipinski definition) is 2. The van der Waals surface area contributed by atoms with Crippen LogP contribution in [0, 0.1) is 11.3 Å². The number of rotatable bonds is 2. The summed E-state index contributed by atoms with van der Waals surface area (Å²) in [5, 5.41) is 13.8. The molecule has 0 unspecified atom stereocenters.